The van der Waals surface area contributed by atoms with Crippen LogP contribution >= 0.6 is 11.8 Å². The minimum atomic E-state index is 0.328. The van der Waals surface area contributed by atoms with Crippen molar-refractivity contribution in [2.45, 2.75) is 31.6 Å². The van der Waals surface area contributed by atoms with Crippen molar-refractivity contribution >= 4 is 17.7 Å². The van der Waals surface area contributed by atoms with Gasteiger partial charge in [-0.1, -0.05) is 6.92 Å². The second-order valence-electron chi connectivity index (χ2n) is 5.23. The Morgan fingerprint density at radius 3 is 2.72 bits per heavy atom. The SMILES string of the molecule is CC1SCCN(CCC(=O)N2CCNCC2)C1C. The van der Waals surface area contributed by atoms with Crippen molar-refractivity contribution < 1.29 is 4.79 Å². The van der Waals surface area contributed by atoms with Crippen LogP contribution in [0.2, 0.25) is 0 Å². The Morgan fingerprint density at radius 1 is 1.28 bits per heavy atom. The van der Waals surface area contributed by atoms with Crippen LogP contribution < -0.4 is 5.32 Å². The van der Waals surface area contributed by atoms with Crippen molar-refractivity contribution in [3.63, 3.8) is 0 Å². The highest BCUT2D eigenvalue weighted by molar-refractivity contribution is 8.00. The van der Waals surface area contributed by atoms with E-state index in [0.717, 1.165) is 39.3 Å². The van der Waals surface area contributed by atoms with Crippen LogP contribution in [0.15, 0.2) is 0 Å². The molecule has 0 bridgehead atoms. The third-order valence-corrected chi connectivity index (χ3v) is 5.44. The molecule has 104 valence electrons. The summed E-state index contributed by atoms with van der Waals surface area (Å²) in [4.78, 5) is 16.6. The fourth-order valence-corrected chi connectivity index (χ4v) is 3.79. The maximum Gasteiger partial charge on any atom is 0.223 e. The van der Waals surface area contributed by atoms with E-state index >= 15 is 0 Å². The molecule has 1 N–H and O–H groups in total. The Labute approximate surface area is 114 Å². The molecule has 2 heterocycles. The van der Waals surface area contributed by atoms with Crippen LogP contribution in [0.1, 0.15) is 20.3 Å². The van der Waals surface area contributed by atoms with Gasteiger partial charge >= 0.3 is 0 Å². The molecule has 2 atom stereocenters. The van der Waals surface area contributed by atoms with E-state index in [1.807, 2.05) is 16.7 Å². The largest absolute Gasteiger partial charge is 0.340 e. The molecule has 2 saturated heterocycles. The number of thioether (sulfide) groups is 1. The van der Waals surface area contributed by atoms with Crippen molar-refractivity contribution in [1.29, 1.82) is 0 Å². The highest BCUT2D eigenvalue weighted by Gasteiger charge is 2.26. The minimum absolute atomic E-state index is 0.328. The van der Waals surface area contributed by atoms with Gasteiger partial charge in [0, 0.05) is 62.7 Å². The van der Waals surface area contributed by atoms with E-state index in [2.05, 4.69) is 24.1 Å². The quantitative estimate of drug-likeness (QED) is 0.817. The average molecular weight is 271 g/mol. The molecule has 0 aromatic heterocycles. The van der Waals surface area contributed by atoms with Gasteiger partial charge in [-0.15, -0.1) is 0 Å². The van der Waals surface area contributed by atoms with E-state index in [1.165, 1.54) is 5.75 Å². The van der Waals surface area contributed by atoms with E-state index in [4.69, 9.17) is 0 Å². The lowest BCUT2D eigenvalue weighted by atomic mass is 10.2. The molecule has 0 saturated carbocycles. The van der Waals surface area contributed by atoms with Gasteiger partial charge in [0.15, 0.2) is 0 Å². The zero-order chi connectivity index (χ0) is 13.0. The molecule has 4 nitrogen and oxygen atoms in total. The van der Waals surface area contributed by atoms with Crippen LogP contribution in [0.5, 0.6) is 0 Å². The molecule has 2 aliphatic rings. The zero-order valence-electron chi connectivity index (χ0n) is 11.5. The number of piperazine rings is 1. The number of carbonyl (C=O) groups is 1. The van der Waals surface area contributed by atoms with Gasteiger partial charge in [0.25, 0.3) is 0 Å². The lowest BCUT2D eigenvalue weighted by Gasteiger charge is -2.37. The molecule has 18 heavy (non-hydrogen) atoms. The Kier molecular flexibility index (Phi) is 5.33. The third-order valence-electron chi connectivity index (χ3n) is 4.10. The Hall–Kier alpha value is -0.260. The Morgan fingerprint density at radius 2 is 2.00 bits per heavy atom. The first-order valence-electron chi connectivity index (χ1n) is 7.02. The van der Waals surface area contributed by atoms with Crippen molar-refractivity contribution in [3.8, 4) is 0 Å². The predicted octanol–water partition coefficient (Wildman–Crippen LogP) is 0.634. The van der Waals surface area contributed by atoms with Gasteiger partial charge < -0.3 is 10.2 Å². The monoisotopic (exact) mass is 271 g/mol. The average Bonchev–Trinajstić information content (AvgIpc) is 2.41. The van der Waals surface area contributed by atoms with E-state index < -0.39 is 0 Å². The van der Waals surface area contributed by atoms with E-state index in [0.29, 0.717) is 23.6 Å². The standard InChI is InChI=1S/C13H25N3OS/c1-11-12(2)18-10-9-15(11)6-3-13(17)16-7-4-14-5-8-16/h11-12,14H,3-10H2,1-2H3. The number of hydrogen-bond acceptors (Lipinski definition) is 4. The fourth-order valence-electron chi connectivity index (χ4n) is 2.62. The fraction of sp³-hybridized carbons (Fsp3) is 0.923. The van der Waals surface area contributed by atoms with Crippen molar-refractivity contribution in [1.82, 2.24) is 15.1 Å². The van der Waals surface area contributed by atoms with Crippen molar-refractivity contribution in [2.24, 2.45) is 0 Å². The number of nitrogens with zero attached hydrogens (tertiary/aromatic N) is 2. The molecular formula is C13H25N3OS. The summed E-state index contributed by atoms with van der Waals surface area (Å²) in [5.74, 6) is 1.53. The summed E-state index contributed by atoms with van der Waals surface area (Å²) in [6.07, 6.45) is 0.682. The number of nitrogens with one attached hydrogen (secondary N) is 1. The molecule has 0 aliphatic carbocycles. The number of carbonyl (C=O) groups excluding carboxylic acids is 1. The van der Waals surface area contributed by atoms with Gasteiger partial charge in [-0.05, 0) is 6.92 Å². The van der Waals surface area contributed by atoms with Gasteiger partial charge in [-0.2, -0.15) is 11.8 Å². The Bertz CT molecular complexity index is 281. The summed E-state index contributed by atoms with van der Waals surface area (Å²) >= 11 is 2.05. The Balaban J connectivity index is 1.74. The van der Waals surface area contributed by atoms with Gasteiger partial charge in [-0.3, -0.25) is 9.69 Å². The lowest BCUT2D eigenvalue weighted by Crippen LogP contribution is -2.49. The maximum atomic E-state index is 12.1. The van der Waals surface area contributed by atoms with Crippen LogP contribution in [-0.4, -0.2) is 72.0 Å². The molecule has 2 unspecified atom stereocenters. The molecule has 2 rings (SSSR count). The molecule has 5 heteroatoms. The van der Waals surface area contributed by atoms with Crippen molar-refractivity contribution in [2.75, 3.05) is 45.0 Å². The maximum absolute atomic E-state index is 12.1. The zero-order valence-corrected chi connectivity index (χ0v) is 12.3. The number of amides is 1. The second kappa shape index (κ2) is 6.78. The van der Waals surface area contributed by atoms with Gasteiger partial charge in [0.2, 0.25) is 5.91 Å². The van der Waals surface area contributed by atoms with Crippen LogP contribution in [-0.2, 0) is 4.79 Å². The van der Waals surface area contributed by atoms with E-state index in [1.54, 1.807) is 0 Å². The molecule has 0 spiro atoms. The summed E-state index contributed by atoms with van der Waals surface area (Å²) in [6, 6.07) is 0.597. The van der Waals surface area contributed by atoms with Crippen LogP contribution in [0.3, 0.4) is 0 Å². The molecule has 2 fully saturated rings. The highest BCUT2D eigenvalue weighted by atomic mass is 32.2. The van der Waals surface area contributed by atoms with Crippen LogP contribution in [0, 0.1) is 0 Å². The lowest BCUT2D eigenvalue weighted by molar-refractivity contribution is -0.132. The smallest absolute Gasteiger partial charge is 0.223 e. The predicted molar refractivity (Wildman–Crippen MR) is 77.0 cm³/mol. The first-order valence-corrected chi connectivity index (χ1v) is 8.07. The van der Waals surface area contributed by atoms with Gasteiger partial charge in [0.1, 0.15) is 0 Å². The minimum Gasteiger partial charge on any atom is -0.340 e. The molecular weight excluding hydrogens is 246 g/mol. The van der Waals surface area contributed by atoms with Crippen LogP contribution in [0.25, 0.3) is 0 Å². The second-order valence-corrected chi connectivity index (χ2v) is 6.72. The molecule has 0 radical (unpaired) electrons. The summed E-state index contributed by atoms with van der Waals surface area (Å²) in [7, 11) is 0. The first-order chi connectivity index (χ1) is 8.68. The van der Waals surface area contributed by atoms with Crippen molar-refractivity contribution in [3.05, 3.63) is 0 Å². The van der Waals surface area contributed by atoms with E-state index in [9.17, 15) is 4.79 Å². The summed E-state index contributed by atoms with van der Waals surface area (Å²) in [5.41, 5.74) is 0. The third kappa shape index (κ3) is 3.62. The highest BCUT2D eigenvalue weighted by Crippen LogP contribution is 2.24. The number of rotatable bonds is 3. The van der Waals surface area contributed by atoms with Gasteiger partial charge in [-0.25, -0.2) is 0 Å². The summed E-state index contributed by atoms with van der Waals surface area (Å²) in [6.45, 7) is 10.3. The number of hydrogen-bond donors (Lipinski definition) is 1. The molecule has 0 aromatic rings. The summed E-state index contributed by atoms with van der Waals surface area (Å²) in [5, 5.41) is 3.97. The summed E-state index contributed by atoms with van der Waals surface area (Å²) < 4.78 is 0. The molecule has 1 amide bonds. The van der Waals surface area contributed by atoms with Gasteiger partial charge in [0.05, 0.1) is 0 Å². The van der Waals surface area contributed by atoms with E-state index in [-0.39, 0.29) is 0 Å². The van der Waals surface area contributed by atoms with Crippen LogP contribution in [0.4, 0.5) is 0 Å². The topological polar surface area (TPSA) is 35.6 Å². The first kappa shape index (κ1) is 14.2. The molecule has 0 aromatic carbocycles. The molecule has 2 aliphatic heterocycles. The normalized spacial score (nSPS) is 30.4.